The third-order valence-corrected chi connectivity index (χ3v) is 3.83. The van der Waals surface area contributed by atoms with Gasteiger partial charge in [-0.05, 0) is 42.5 Å². The Kier molecular flexibility index (Phi) is 4.20. The van der Waals surface area contributed by atoms with Gasteiger partial charge < -0.3 is 4.74 Å². The number of nitrogens with zero attached hydrogens (tertiary/aromatic N) is 4. The zero-order valence-electron chi connectivity index (χ0n) is 12.3. The predicted molar refractivity (Wildman–Crippen MR) is 87.8 cm³/mol. The predicted octanol–water partition coefficient (Wildman–Crippen LogP) is 3.47. The third kappa shape index (κ3) is 3.17. The molecule has 1 aromatic heterocycles. The Morgan fingerprint density at radius 3 is 2.64 bits per heavy atom. The molecular weight excluding hydrogens is 344 g/mol. The first-order chi connectivity index (χ1) is 10.7. The molecule has 1 heterocycles. The summed E-state index contributed by atoms with van der Waals surface area (Å²) in [5.41, 5.74) is 3.14. The minimum atomic E-state index is 0.522. The summed E-state index contributed by atoms with van der Waals surface area (Å²) in [7, 11) is 1.66. The Labute approximate surface area is 137 Å². The van der Waals surface area contributed by atoms with E-state index in [1.54, 1.807) is 11.9 Å². The van der Waals surface area contributed by atoms with Crippen LogP contribution in [0, 0.1) is 6.92 Å². The molecule has 6 heteroatoms. The molecule has 3 aromatic rings. The molecule has 3 rings (SSSR count). The number of hydrogen-bond donors (Lipinski definition) is 0. The molecular formula is C16H15BrN4O. The first-order valence-electron chi connectivity index (χ1n) is 6.83. The summed E-state index contributed by atoms with van der Waals surface area (Å²) in [5.74, 6) is 1.44. The molecule has 22 heavy (non-hydrogen) atoms. The van der Waals surface area contributed by atoms with Crippen molar-refractivity contribution in [3.63, 3.8) is 0 Å². The molecule has 0 aliphatic carbocycles. The molecule has 0 radical (unpaired) electrons. The van der Waals surface area contributed by atoms with Crippen LogP contribution in [0.4, 0.5) is 0 Å². The van der Waals surface area contributed by atoms with Gasteiger partial charge >= 0.3 is 0 Å². The Morgan fingerprint density at radius 1 is 1.14 bits per heavy atom. The molecule has 0 saturated heterocycles. The summed E-state index contributed by atoms with van der Waals surface area (Å²) in [6.45, 7) is 2.57. The maximum absolute atomic E-state index is 5.38. The second-order valence-electron chi connectivity index (χ2n) is 4.97. The molecule has 0 aliphatic rings. The van der Waals surface area contributed by atoms with Crippen molar-refractivity contribution in [2.75, 3.05) is 7.11 Å². The van der Waals surface area contributed by atoms with Crippen molar-refractivity contribution in [2.45, 2.75) is 13.5 Å². The quantitative estimate of drug-likeness (QED) is 0.716. The van der Waals surface area contributed by atoms with Crippen LogP contribution in [0.3, 0.4) is 0 Å². The van der Waals surface area contributed by atoms with E-state index in [1.165, 1.54) is 5.56 Å². The van der Waals surface area contributed by atoms with E-state index >= 15 is 0 Å². The molecule has 0 bridgehead atoms. The Bertz CT molecular complexity index is 783. The van der Waals surface area contributed by atoms with Gasteiger partial charge in [-0.15, -0.1) is 10.2 Å². The molecule has 0 atom stereocenters. The molecule has 0 saturated carbocycles. The van der Waals surface area contributed by atoms with Gasteiger partial charge in [-0.1, -0.05) is 33.6 Å². The number of halogens is 1. The molecule has 0 spiro atoms. The second-order valence-corrected chi connectivity index (χ2v) is 5.88. The smallest absolute Gasteiger partial charge is 0.204 e. The van der Waals surface area contributed by atoms with Crippen molar-refractivity contribution in [1.82, 2.24) is 20.2 Å². The molecule has 0 unspecified atom stereocenters. The number of hydrogen-bond acceptors (Lipinski definition) is 4. The van der Waals surface area contributed by atoms with Crippen LogP contribution in [0.5, 0.6) is 5.75 Å². The third-order valence-electron chi connectivity index (χ3n) is 3.30. The van der Waals surface area contributed by atoms with Crippen LogP contribution >= 0.6 is 15.9 Å². The Balaban J connectivity index is 1.85. The molecule has 5 nitrogen and oxygen atoms in total. The van der Waals surface area contributed by atoms with Gasteiger partial charge in [0.25, 0.3) is 0 Å². The number of aromatic nitrogens is 4. The summed E-state index contributed by atoms with van der Waals surface area (Å²) in [6.07, 6.45) is 0. The number of methoxy groups -OCH3 is 1. The van der Waals surface area contributed by atoms with E-state index in [0.717, 1.165) is 21.3 Å². The largest absolute Gasteiger partial charge is 0.496 e. The van der Waals surface area contributed by atoms with Gasteiger partial charge in [0, 0.05) is 15.6 Å². The van der Waals surface area contributed by atoms with E-state index < -0.39 is 0 Å². The van der Waals surface area contributed by atoms with E-state index in [-0.39, 0.29) is 0 Å². The van der Waals surface area contributed by atoms with Crippen LogP contribution in [-0.2, 0) is 6.54 Å². The summed E-state index contributed by atoms with van der Waals surface area (Å²) in [5, 5.41) is 12.7. The average molecular weight is 359 g/mol. The lowest BCUT2D eigenvalue weighted by molar-refractivity contribution is 0.405. The van der Waals surface area contributed by atoms with Gasteiger partial charge in [0.05, 0.1) is 13.7 Å². The van der Waals surface area contributed by atoms with Crippen LogP contribution in [0.1, 0.15) is 11.1 Å². The van der Waals surface area contributed by atoms with Crippen LogP contribution < -0.4 is 4.74 Å². The van der Waals surface area contributed by atoms with Gasteiger partial charge in [-0.3, -0.25) is 0 Å². The van der Waals surface area contributed by atoms with Crippen LogP contribution in [0.15, 0.2) is 46.9 Å². The summed E-state index contributed by atoms with van der Waals surface area (Å²) in [4.78, 5) is 1.58. The topological polar surface area (TPSA) is 52.8 Å². The van der Waals surface area contributed by atoms with E-state index in [4.69, 9.17) is 4.74 Å². The van der Waals surface area contributed by atoms with Gasteiger partial charge in [0.15, 0.2) is 0 Å². The zero-order valence-corrected chi connectivity index (χ0v) is 13.9. The van der Waals surface area contributed by atoms with Crippen molar-refractivity contribution in [3.8, 4) is 17.1 Å². The fourth-order valence-electron chi connectivity index (χ4n) is 2.21. The van der Waals surface area contributed by atoms with Gasteiger partial charge in [-0.25, -0.2) is 0 Å². The average Bonchev–Trinajstić information content (AvgIpc) is 2.97. The lowest BCUT2D eigenvalue weighted by Crippen LogP contribution is -2.06. The van der Waals surface area contributed by atoms with Crippen molar-refractivity contribution in [1.29, 1.82) is 0 Å². The second kappa shape index (κ2) is 6.27. The number of benzene rings is 2. The van der Waals surface area contributed by atoms with Crippen molar-refractivity contribution >= 4 is 15.9 Å². The van der Waals surface area contributed by atoms with Crippen LogP contribution in [0.2, 0.25) is 0 Å². The SMILES string of the molecule is COc1ccc(C)cc1Cn1nnc(-c2ccc(Br)cc2)n1. The van der Waals surface area contributed by atoms with Crippen molar-refractivity contribution < 1.29 is 4.74 Å². The van der Waals surface area contributed by atoms with Crippen LogP contribution in [0.25, 0.3) is 11.4 Å². The van der Waals surface area contributed by atoms with Crippen molar-refractivity contribution in [3.05, 3.63) is 58.1 Å². The summed E-state index contributed by atoms with van der Waals surface area (Å²) >= 11 is 3.41. The molecule has 112 valence electrons. The minimum Gasteiger partial charge on any atom is -0.496 e. The van der Waals surface area contributed by atoms with E-state index in [1.807, 2.05) is 43.3 Å². The highest BCUT2D eigenvalue weighted by atomic mass is 79.9. The maximum atomic E-state index is 5.38. The van der Waals surface area contributed by atoms with Gasteiger partial charge in [0.1, 0.15) is 5.75 Å². The monoisotopic (exact) mass is 358 g/mol. The lowest BCUT2D eigenvalue weighted by atomic mass is 10.1. The highest BCUT2D eigenvalue weighted by molar-refractivity contribution is 9.10. The Morgan fingerprint density at radius 2 is 1.91 bits per heavy atom. The van der Waals surface area contributed by atoms with E-state index in [9.17, 15) is 0 Å². The first kappa shape index (κ1) is 14.7. The number of aryl methyl sites for hydroxylation is 1. The highest BCUT2D eigenvalue weighted by Gasteiger charge is 2.09. The fourth-order valence-corrected chi connectivity index (χ4v) is 2.47. The number of ether oxygens (including phenoxy) is 1. The molecule has 0 N–H and O–H groups in total. The summed E-state index contributed by atoms with van der Waals surface area (Å²) in [6, 6.07) is 13.9. The lowest BCUT2D eigenvalue weighted by Gasteiger charge is -2.08. The highest BCUT2D eigenvalue weighted by Crippen LogP contribution is 2.21. The molecule has 0 fully saturated rings. The number of rotatable bonds is 4. The molecule has 0 aliphatic heterocycles. The Hall–Kier alpha value is -2.21. The maximum Gasteiger partial charge on any atom is 0.204 e. The van der Waals surface area contributed by atoms with E-state index in [2.05, 4.69) is 37.4 Å². The van der Waals surface area contributed by atoms with Gasteiger partial charge in [0.2, 0.25) is 5.82 Å². The molecule has 2 aromatic carbocycles. The first-order valence-corrected chi connectivity index (χ1v) is 7.62. The fraction of sp³-hybridized carbons (Fsp3) is 0.188. The van der Waals surface area contributed by atoms with Crippen molar-refractivity contribution in [2.24, 2.45) is 0 Å². The zero-order chi connectivity index (χ0) is 15.5. The summed E-state index contributed by atoms with van der Waals surface area (Å²) < 4.78 is 6.40. The van der Waals surface area contributed by atoms with Gasteiger partial charge in [-0.2, -0.15) is 4.80 Å². The standard InChI is InChI=1S/C16H15BrN4O/c1-11-3-8-15(22-2)13(9-11)10-21-19-16(18-20-21)12-4-6-14(17)7-5-12/h3-9H,10H2,1-2H3. The molecule has 0 amide bonds. The van der Waals surface area contributed by atoms with E-state index in [0.29, 0.717) is 12.4 Å². The normalized spacial score (nSPS) is 10.7. The number of tetrazole rings is 1. The van der Waals surface area contributed by atoms with Crippen LogP contribution in [-0.4, -0.2) is 27.3 Å². The minimum absolute atomic E-state index is 0.522.